The highest BCUT2D eigenvalue weighted by Gasteiger charge is 2.04. The van der Waals surface area contributed by atoms with Gasteiger partial charge in [0.25, 0.3) is 0 Å². The second-order valence-corrected chi connectivity index (χ2v) is 4.57. The minimum Gasteiger partial charge on any atom is -0.457 e. The number of hydrogen-bond acceptors (Lipinski definition) is 3. The van der Waals surface area contributed by atoms with E-state index in [-0.39, 0.29) is 5.84 Å². The molecule has 0 aliphatic heterocycles. The highest BCUT2D eigenvalue weighted by atomic mass is 16.5. The van der Waals surface area contributed by atoms with E-state index < -0.39 is 0 Å². The molecule has 0 fully saturated rings. The van der Waals surface area contributed by atoms with Gasteiger partial charge >= 0.3 is 0 Å². The number of methoxy groups -OCH3 is 1. The summed E-state index contributed by atoms with van der Waals surface area (Å²) in [5.41, 5.74) is 8.20. The van der Waals surface area contributed by atoms with E-state index in [0.29, 0.717) is 6.61 Å². The van der Waals surface area contributed by atoms with Crippen molar-refractivity contribution in [2.24, 2.45) is 5.73 Å². The van der Waals surface area contributed by atoms with Gasteiger partial charge < -0.3 is 15.2 Å². The summed E-state index contributed by atoms with van der Waals surface area (Å²) in [6.07, 6.45) is 0. The highest BCUT2D eigenvalue weighted by Crippen LogP contribution is 2.24. The van der Waals surface area contributed by atoms with Crippen LogP contribution in [0, 0.1) is 12.3 Å². The van der Waals surface area contributed by atoms with Gasteiger partial charge in [-0.3, -0.25) is 5.41 Å². The average molecular weight is 270 g/mol. The molecule has 0 bridgehead atoms. The van der Waals surface area contributed by atoms with Crippen molar-refractivity contribution in [3.05, 3.63) is 59.2 Å². The van der Waals surface area contributed by atoms with Crippen LogP contribution >= 0.6 is 0 Å². The minimum absolute atomic E-state index is 0.0659. The molecule has 0 heterocycles. The van der Waals surface area contributed by atoms with Crippen molar-refractivity contribution in [1.29, 1.82) is 5.41 Å². The first kappa shape index (κ1) is 14.1. The van der Waals surface area contributed by atoms with Crippen molar-refractivity contribution in [2.45, 2.75) is 13.5 Å². The Morgan fingerprint density at radius 3 is 2.55 bits per heavy atom. The van der Waals surface area contributed by atoms with Crippen LogP contribution in [-0.2, 0) is 11.3 Å². The lowest BCUT2D eigenvalue weighted by Gasteiger charge is -2.10. The smallest absolute Gasteiger partial charge is 0.127 e. The Morgan fingerprint density at radius 2 is 1.90 bits per heavy atom. The quantitative estimate of drug-likeness (QED) is 0.647. The average Bonchev–Trinajstić information content (AvgIpc) is 2.39. The van der Waals surface area contributed by atoms with E-state index in [0.717, 1.165) is 28.2 Å². The maximum Gasteiger partial charge on any atom is 0.127 e. The molecule has 0 radical (unpaired) electrons. The maximum absolute atomic E-state index is 7.47. The van der Waals surface area contributed by atoms with E-state index >= 15 is 0 Å². The number of ether oxygens (including phenoxy) is 2. The zero-order chi connectivity index (χ0) is 14.5. The number of nitrogen functional groups attached to an aromatic ring is 1. The normalized spacial score (nSPS) is 10.3. The third-order valence-corrected chi connectivity index (χ3v) is 2.93. The van der Waals surface area contributed by atoms with Crippen molar-refractivity contribution < 1.29 is 9.47 Å². The fourth-order valence-corrected chi connectivity index (χ4v) is 2.00. The van der Waals surface area contributed by atoms with E-state index in [9.17, 15) is 0 Å². The molecule has 0 unspecified atom stereocenters. The topological polar surface area (TPSA) is 68.3 Å². The SMILES string of the molecule is COCc1cccc(Oc2ccc(C(=N)N)c(C)c2)c1. The Morgan fingerprint density at radius 1 is 1.15 bits per heavy atom. The lowest BCUT2D eigenvalue weighted by Crippen LogP contribution is -2.12. The van der Waals surface area contributed by atoms with Crippen molar-refractivity contribution in [3.63, 3.8) is 0 Å². The zero-order valence-electron chi connectivity index (χ0n) is 11.6. The first-order valence-electron chi connectivity index (χ1n) is 6.31. The maximum atomic E-state index is 7.47. The van der Waals surface area contributed by atoms with Crippen molar-refractivity contribution in [1.82, 2.24) is 0 Å². The van der Waals surface area contributed by atoms with Gasteiger partial charge in [0.1, 0.15) is 17.3 Å². The Kier molecular flexibility index (Phi) is 4.38. The monoisotopic (exact) mass is 270 g/mol. The van der Waals surface area contributed by atoms with E-state index in [1.54, 1.807) is 13.2 Å². The van der Waals surface area contributed by atoms with Crippen LogP contribution in [0.5, 0.6) is 11.5 Å². The van der Waals surface area contributed by atoms with Gasteiger partial charge in [0.2, 0.25) is 0 Å². The molecule has 0 saturated carbocycles. The Labute approximate surface area is 118 Å². The molecule has 104 valence electrons. The summed E-state index contributed by atoms with van der Waals surface area (Å²) in [7, 11) is 1.66. The van der Waals surface area contributed by atoms with Crippen LogP contribution in [0.4, 0.5) is 0 Å². The molecule has 0 amide bonds. The van der Waals surface area contributed by atoms with Gasteiger partial charge in [0.15, 0.2) is 0 Å². The van der Waals surface area contributed by atoms with Crippen LogP contribution in [0.2, 0.25) is 0 Å². The van der Waals surface area contributed by atoms with Crippen LogP contribution in [-0.4, -0.2) is 12.9 Å². The van der Waals surface area contributed by atoms with E-state index in [2.05, 4.69) is 0 Å². The van der Waals surface area contributed by atoms with Crippen LogP contribution in [0.3, 0.4) is 0 Å². The molecule has 3 N–H and O–H groups in total. The molecule has 0 atom stereocenters. The van der Waals surface area contributed by atoms with Crippen LogP contribution in [0.25, 0.3) is 0 Å². The van der Waals surface area contributed by atoms with Gasteiger partial charge in [-0.1, -0.05) is 12.1 Å². The Bertz CT molecular complexity index is 624. The van der Waals surface area contributed by atoms with Crippen LogP contribution in [0.15, 0.2) is 42.5 Å². The summed E-state index contributed by atoms with van der Waals surface area (Å²) >= 11 is 0. The predicted molar refractivity (Wildman–Crippen MR) is 79.4 cm³/mol. The Balaban J connectivity index is 2.19. The second-order valence-electron chi connectivity index (χ2n) is 4.57. The molecule has 4 heteroatoms. The van der Waals surface area contributed by atoms with Gasteiger partial charge in [0, 0.05) is 12.7 Å². The fraction of sp³-hybridized carbons (Fsp3) is 0.188. The van der Waals surface area contributed by atoms with E-state index in [1.165, 1.54) is 0 Å². The molecule has 4 nitrogen and oxygen atoms in total. The first-order valence-corrected chi connectivity index (χ1v) is 6.31. The summed E-state index contributed by atoms with van der Waals surface area (Å²) in [5, 5.41) is 7.47. The molecule has 0 spiro atoms. The Hall–Kier alpha value is -2.33. The minimum atomic E-state index is 0.0659. The fourth-order valence-electron chi connectivity index (χ4n) is 2.00. The number of benzene rings is 2. The van der Waals surface area contributed by atoms with Gasteiger partial charge in [-0.2, -0.15) is 0 Å². The molecule has 2 aromatic rings. The summed E-state index contributed by atoms with van der Waals surface area (Å²) in [5.74, 6) is 1.55. The van der Waals surface area contributed by atoms with Gasteiger partial charge in [0.05, 0.1) is 6.61 Å². The molecule has 2 aromatic carbocycles. The van der Waals surface area contributed by atoms with Crippen molar-refractivity contribution in [2.75, 3.05) is 7.11 Å². The largest absolute Gasteiger partial charge is 0.457 e. The number of amidine groups is 1. The van der Waals surface area contributed by atoms with E-state index in [1.807, 2.05) is 43.3 Å². The third-order valence-electron chi connectivity index (χ3n) is 2.93. The summed E-state index contributed by atoms with van der Waals surface area (Å²) in [6, 6.07) is 13.2. The highest BCUT2D eigenvalue weighted by molar-refractivity contribution is 5.96. The van der Waals surface area contributed by atoms with Crippen molar-refractivity contribution in [3.8, 4) is 11.5 Å². The van der Waals surface area contributed by atoms with Gasteiger partial charge in [-0.15, -0.1) is 0 Å². The molecule has 20 heavy (non-hydrogen) atoms. The number of nitrogens with one attached hydrogen (secondary N) is 1. The van der Waals surface area contributed by atoms with E-state index in [4.69, 9.17) is 20.6 Å². The second kappa shape index (κ2) is 6.21. The third kappa shape index (κ3) is 3.36. The summed E-state index contributed by atoms with van der Waals surface area (Å²) < 4.78 is 10.9. The first-order chi connectivity index (χ1) is 9.60. The molecule has 2 rings (SSSR count). The van der Waals surface area contributed by atoms with Gasteiger partial charge in [-0.05, 0) is 48.4 Å². The number of nitrogens with two attached hydrogens (primary N) is 1. The molecule has 0 aliphatic carbocycles. The van der Waals surface area contributed by atoms with Crippen LogP contribution in [0.1, 0.15) is 16.7 Å². The molecular formula is C16H18N2O2. The predicted octanol–water partition coefficient (Wildman–Crippen LogP) is 3.22. The lowest BCUT2D eigenvalue weighted by atomic mass is 10.1. The number of hydrogen-bond donors (Lipinski definition) is 2. The molecule has 0 saturated heterocycles. The number of aryl methyl sites for hydroxylation is 1. The molecule has 0 aromatic heterocycles. The molecule has 0 aliphatic rings. The zero-order valence-corrected chi connectivity index (χ0v) is 11.6. The van der Waals surface area contributed by atoms with Crippen molar-refractivity contribution >= 4 is 5.84 Å². The number of rotatable bonds is 5. The lowest BCUT2D eigenvalue weighted by molar-refractivity contribution is 0.184. The summed E-state index contributed by atoms with van der Waals surface area (Å²) in [4.78, 5) is 0. The standard InChI is InChI=1S/C16H18N2O2/c1-11-8-14(6-7-15(11)16(17)18)20-13-5-3-4-12(9-13)10-19-2/h3-9H,10H2,1-2H3,(H3,17,18). The van der Waals surface area contributed by atoms with Crippen LogP contribution < -0.4 is 10.5 Å². The molecular weight excluding hydrogens is 252 g/mol. The summed E-state index contributed by atoms with van der Waals surface area (Å²) in [6.45, 7) is 2.46. The van der Waals surface area contributed by atoms with Gasteiger partial charge in [-0.25, -0.2) is 0 Å².